The molecule has 0 spiro atoms. The smallest absolute Gasteiger partial charge is 0.0561 e. The summed E-state index contributed by atoms with van der Waals surface area (Å²) in [4.78, 5) is 2.43. The van der Waals surface area contributed by atoms with Crippen LogP contribution in [0.2, 0.25) is 0 Å². The zero-order valence-corrected chi connectivity index (χ0v) is 34.1. The first-order valence-electron chi connectivity index (χ1n) is 21.3. The Morgan fingerprint density at radius 3 is 1.42 bits per heavy atom. The minimum absolute atomic E-state index is 1.07. The molecule has 0 saturated heterocycles. The lowest BCUT2D eigenvalue weighted by Crippen LogP contribution is -2.11. The van der Waals surface area contributed by atoms with Crippen LogP contribution in [0.4, 0.5) is 17.1 Å². The third-order valence-electron chi connectivity index (χ3n) is 12.0. The monoisotopic (exact) mass is 790 g/mol. The standard InChI is InChI=1S/C60H42N2/c1-5-18-43(19-6-1)45-32-35-50(36-33-45)61(59-39-34-48(44-20-7-2-8-21-44)41-57(59)47-24-11-4-12-25-47)52-37-38-56-55-30-15-16-31-58(55)62(60(56)42-52)51-27-17-26-49(40-51)54-29-14-13-28-53(54)46-22-9-3-10-23-46/h1-42H. The van der Waals surface area contributed by atoms with Crippen LogP contribution in [0.25, 0.3) is 83.1 Å². The van der Waals surface area contributed by atoms with Crippen LogP contribution in [0.5, 0.6) is 0 Å². The van der Waals surface area contributed by atoms with E-state index in [9.17, 15) is 0 Å². The van der Waals surface area contributed by atoms with Crippen molar-refractivity contribution in [2.24, 2.45) is 0 Å². The molecule has 1 aromatic heterocycles. The summed E-state index contributed by atoms with van der Waals surface area (Å²) in [6.07, 6.45) is 0. The number of anilines is 3. The minimum atomic E-state index is 1.07. The van der Waals surface area contributed by atoms with E-state index in [2.05, 4.69) is 264 Å². The lowest BCUT2D eigenvalue weighted by atomic mass is 9.94. The number of hydrogen-bond donors (Lipinski definition) is 0. The number of rotatable bonds is 9. The van der Waals surface area contributed by atoms with Crippen molar-refractivity contribution >= 4 is 38.9 Å². The quantitative estimate of drug-likeness (QED) is 0.141. The highest BCUT2D eigenvalue weighted by Gasteiger charge is 2.21. The molecule has 0 aliphatic heterocycles. The van der Waals surface area contributed by atoms with Crippen molar-refractivity contribution in [3.63, 3.8) is 0 Å². The highest BCUT2D eigenvalue weighted by Crippen LogP contribution is 2.45. The molecule has 10 aromatic carbocycles. The Balaban J connectivity index is 1.12. The van der Waals surface area contributed by atoms with Gasteiger partial charge in [0.25, 0.3) is 0 Å². The first-order valence-corrected chi connectivity index (χ1v) is 21.3. The van der Waals surface area contributed by atoms with Gasteiger partial charge >= 0.3 is 0 Å². The zero-order valence-electron chi connectivity index (χ0n) is 34.1. The molecular weight excluding hydrogens is 749 g/mol. The summed E-state index contributed by atoms with van der Waals surface area (Å²) >= 11 is 0. The summed E-state index contributed by atoms with van der Waals surface area (Å²) in [5.74, 6) is 0. The molecule has 0 radical (unpaired) electrons. The maximum atomic E-state index is 2.44. The fourth-order valence-electron chi connectivity index (χ4n) is 9.04. The minimum Gasteiger partial charge on any atom is -0.310 e. The lowest BCUT2D eigenvalue weighted by molar-refractivity contribution is 1.18. The number of benzene rings is 10. The fraction of sp³-hybridized carbons (Fsp3) is 0. The molecule has 2 nitrogen and oxygen atoms in total. The molecule has 62 heavy (non-hydrogen) atoms. The van der Waals surface area contributed by atoms with Crippen LogP contribution in [-0.2, 0) is 0 Å². The van der Waals surface area contributed by atoms with E-state index in [1.807, 2.05) is 0 Å². The first-order chi connectivity index (χ1) is 30.8. The normalized spacial score (nSPS) is 11.2. The molecule has 0 N–H and O–H groups in total. The van der Waals surface area contributed by atoms with Gasteiger partial charge in [0.05, 0.1) is 16.7 Å². The van der Waals surface area contributed by atoms with Gasteiger partial charge in [0, 0.05) is 33.4 Å². The molecule has 2 heteroatoms. The van der Waals surface area contributed by atoms with Crippen molar-refractivity contribution in [1.82, 2.24) is 4.57 Å². The average molecular weight is 791 g/mol. The summed E-state index contributed by atoms with van der Waals surface area (Å²) < 4.78 is 2.44. The van der Waals surface area contributed by atoms with Crippen molar-refractivity contribution in [3.8, 4) is 61.3 Å². The Morgan fingerprint density at radius 1 is 0.258 bits per heavy atom. The summed E-state index contributed by atoms with van der Waals surface area (Å²) in [7, 11) is 0. The number of hydrogen-bond acceptors (Lipinski definition) is 1. The fourth-order valence-corrected chi connectivity index (χ4v) is 9.04. The number of para-hydroxylation sites is 1. The van der Waals surface area contributed by atoms with Gasteiger partial charge in [-0.15, -0.1) is 0 Å². The molecule has 0 fully saturated rings. The van der Waals surface area contributed by atoms with Gasteiger partial charge in [0.2, 0.25) is 0 Å². The van der Waals surface area contributed by atoms with E-state index in [1.54, 1.807) is 0 Å². The molecule has 1 heterocycles. The predicted molar refractivity (Wildman–Crippen MR) is 263 cm³/mol. The van der Waals surface area contributed by atoms with Crippen molar-refractivity contribution in [2.75, 3.05) is 4.90 Å². The predicted octanol–water partition coefficient (Wildman–Crippen LogP) is 16.6. The Labute approximate surface area is 362 Å². The number of nitrogens with zero attached hydrogens (tertiary/aromatic N) is 2. The van der Waals surface area contributed by atoms with Gasteiger partial charge in [-0.25, -0.2) is 0 Å². The van der Waals surface area contributed by atoms with Gasteiger partial charge in [-0.2, -0.15) is 0 Å². The van der Waals surface area contributed by atoms with Gasteiger partial charge in [0.1, 0.15) is 0 Å². The summed E-state index contributed by atoms with van der Waals surface area (Å²) in [5.41, 5.74) is 18.6. The number of aromatic nitrogens is 1. The molecule has 0 unspecified atom stereocenters. The van der Waals surface area contributed by atoms with E-state index in [1.165, 1.54) is 60.8 Å². The topological polar surface area (TPSA) is 8.17 Å². The van der Waals surface area contributed by atoms with E-state index in [0.29, 0.717) is 0 Å². The zero-order chi connectivity index (χ0) is 41.2. The van der Waals surface area contributed by atoms with Gasteiger partial charge in [-0.3, -0.25) is 0 Å². The Morgan fingerprint density at radius 2 is 0.742 bits per heavy atom. The Kier molecular flexibility index (Phi) is 9.57. The first kappa shape index (κ1) is 36.8. The van der Waals surface area contributed by atoms with E-state index in [0.717, 1.165) is 39.4 Å². The van der Waals surface area contributed by atoms with Crippen molar-refractivity contribution in [1.29, 1.82) is 0 Å². The summed E-state index contributed by atoms with van der Waals surface area (Å²) in [5, 5.41) is 2.43. The van der Waals surface area contributed by atoms with Crippen LogP contribution in [0.3, 0.4) is 0 Å². The average Bonchev–Trinajstić information content (AvgIpc) is 3.69. The summed E-state index contributed by atoms with van der Waals surface area (Å²) in [6, 6.07) is 92.1. The van der Waals surface area contributed by atoms with Gasteiger partial charge in [-0.1, -0.05) is 200 Å². The van der Waals surface area contributed by atoms with Crippen LogP contribution >= 0.6 is 0 Å². The maximum absolute atomic E-state index is 2.44. The van der Waals surface area contributed by atoms with Crippen molar-refractivity contribution in [2.45, 2.75) is 0 Å². The maximum Gasteiger partial charge on any atom is 0.0561 e. The second-order valence-electron chi connectivity index (χ2n) is 15.7. The van der Waals surface area contributed by atoms with Gasteiger partial charge in [0.15, 0.2) is 0 Å². The Hall–Kier alpha value is -8.20. The van der Waals surface area contributed by atoms with Crippen molar-refractivity contribution < 1.29 is 0 Å². The van der Waals surface area contributed by atoms with Crippen LogP contribution in [0.15, 0.2) is 255 Å². The molecule has 11 aromatic rings. The molecule has 0 bridgehead atoms. The third kappa shape index (κ3) is 6.84. The largest absolute Gasteiger partial charge is 0.310 e. The van der Waals surface area contributed by atoms with E-state index < -0.39 is 0 Å². The van der Waals surface area contributed by atoms with E-state index in [-0.39, 0.29) is 0 Å². The lowest BCUT2D eigenvalue weighted by Gasteiger charge is -2.29. The number of fused-ring (bicyclic) bond motifs is 3. The van der Waals surface area contributed by atoms with Crippen LogP contribution in [-0.4, -0.2) is 4.57 Å². The van der Waals surface area contributed by atoms with E-state index >= 15 is 0 Å². The molecule has 0 aliphatic rings. The SMILES string of the molecule is c1ccc(-c2ccc(N(c3ccc4c5ccccc5n(-c5cccc(-c6ccccc6-c6ccccc6)c5)c4c3)c3ccc(-c4ccccc4)cc3-c3ccccc3)cc2)cc1. The molecular formula is C60H42N2. The van der Waals surface area contributed by atoms with E-state index in [4.69, 9.17) is 0 Å². The molecule has 0 atom stereocenters. The third-order valence-corrected chi connectivity index (χ3v) is 12.0. The Bertz CT molecular complexity index is 3310. The molecule has 11 rings (SSSR count). The second-order valence-corrected chi connectivity index (χ2v) is 15.7. The molecule has 0 amide bonds. The van der Waals surface area contributed by atoms with Crippen LogP contribution in [0.1, 0.15) is 0 Å². The summed E-state index contributed by atoms with van der Waals surface area (Å²) in [6.45, 7) is 0. The van der Waals surface area contributed by atoms with Crippen LogP contribution < -0.4 is 4.90 Å². The van der Waals surface area contributed by atoms with Gasteiger partial charge in [-0.05, 0) is 105 Å². The van der Waals surface area contributed by atoms with Gasteiger partial charge < -0.3 is 9.47 Å². The highest BCUT2D eigenvalue weighted by molar-refractivity contribution is 6.10. The molecule has 292 valence electrons. The molecule has 0 aliphatic carbocycles. The van der Waals surface area contributed by atoms with Crippen LogP contribution in [0, 0.1) is 0 Å². The molecule has 0 saturated carbocycles. The highest BCUT2D eigenvalue weighted by atomic mass is 15.1. The second kappa shape index (κ2) is 16.1. The van der Waals surface area contributed by atoms with Crippen molar-refractivity contribution in [3.05, 3.63) is 255 Å².